The monoisotopic (exact) mass is 396 g/mol. The van der Waals surface area contributed by atoms with Gasteiger partial charge in [-0.2, -0.15) is 5.10 Å². The number of nitrogens with one attached hydrogen (secondary N) is 1. The Morgan fingerprint density at radius 3 is 2.97 bits per heavy atom. The second-order valence-electron chi connectivity index (χ2n) is 7.46. The number of carbonyl (C=O) groups is 1. The molecule has 1 aliphatic carbocycles. The van der Waals surface area contributed by atoms with Gasteiger partial charge in [0.05, 0.1) is 25.5 Å². The lowest BCUT2D eigenvalue weighted by Gasteiger charge is -2.26. The molecular formula is C20H21FN6O2. The lowest BCUT2D eigenvalue weighted by atomic mass is 10.1. The molecule has 3 aromatic heterocycles. The largest absolute Gasteiger partial charge is 0.481 e. The van der Waals surface area contributed by atoms with Crippen LogP contribution in [0.2, 0.25) is 0 Å². The molecule has 0 bridgehead atoms. The maximum absolute atomic E-state index is 13.9. The predicted molar refractivity (Wildman–Crippen MR) is 104 cm³/mol. The van der Waals surface area contributed by atoms with Crippen LogP contribution in [-0.2, 0) is 0 Å². The molecule has 1 aliphatic heterocycles. The minimum Gasteiger partial charge on any atom is -0.481 e. The second kappa shape index (κ2) is 6.98. The fourth-order valence-corrected chi connectivity index (χ4v) is 3.89. The van der Waals surface area contributed by atoms with Gasteiger partial charge in [0.15, 0.2) is 5.65 Å². The highest BCUT2D eigenvalue weighted by atomic mass is 19.1. The normalized spacial score (nSPS) is 19.0. The quantitative estimate of drug-likeness (QED) is 0.713. The molecule has 1 saturated carbocycles. The Bertz CT molecular complexity index is 1080. The Labute approximate surface area is 166 Å². The molecule has 5 rings (SSSR count). The number of methoxy groups -OCH3 is 1. The molecule has 0 unspecified atom stereocenters. The van der Waals surface area contributed by atoms with Gasteiger partial charge in [0.2, 0.25) is 5.88 Å². The fraction of sp³-hybridized carbons (Fsp3) is 0.400. The molecule has 0 radical (unpaired) electrons. The fourth-order valence-electron chi connectivity index (χ4n) is 3.89. The minimum absolute atomic E-state index is 0.102. The highest BCUT2D eigenvalue weighted by molar-refractivity contribution is 6.00. The van der Waals surface area contributed by atoms with E-state index in [1.807, 2.05) is 6.07 Å². The molecule has 0 spiro atoms. The van der Waals surface area contributed by atoms with Crippen LogP contribution in [0.5, 0.6) is 5.88 Å². The van der Waals surface area contributed by atoms with Gasteiger partial charge in [0.25, 0.3) is 5.91 Å². The van der Waals surface area contributed by atoms with Crippen molar-refractivity contribution >= 4 is 17.4 Å². The highest BCUT2D eigenvalue weighted by Crippen LogP contribution is 2.38. The average molecular weight is 396 g/mol. The first-order valence-corrected chi connectivity index (χ1v) is 9.75. The van der Waals surface area contributed by atoms with Gasteiger partial charge in [-0.1, -0.05) is 0 Å². The molecule has 29 heavy (non-hydrogen) atoms. The van der Waals surface area contributed by atoms with Crippen molar-refractivity contribution in [3.05, 3.63) is 47.7 Å². The molecule has 1 atom stereocenters. The SMILES string of the molecule is COc1ncc(F)cc1[C@H]1CCCN1c1ccn2ncc(C(=O)NC3CC3)c2n1. The summed E-state index contributed by atoms with van der Waals surface area (Å²) in [5.74, 6) is 0.581. The summed E-state index contributed by atoms with van der Waals surface area (Å²) in [5, 5.41) is 7.23. The molecule has 8 nitrogen and oxygen atoms in total. The number of fused-ring (bicyclic) bond motifs is 1. The number of anilines is 1. The Morgan fingerprint density at radius 1 is 1.31 bits per heavy atom. The molecule has 0 aromatic carbocycles. The van der Waals surface area contributed by atoms with E-state index in [-0.39, 0.29) is 18.0 Å². The lowest BCUT2D eigenvalue weighted by molar-refractivity contribution is 0.0952. The third-order valence-electron chi connectivity index (χ3n) is 5.46. The smallest absolute Gasteiger partial charge is 0.256 e. The van der Waals surface area contributed by atoms with Gasteiger partial charge in [-0.15, -0.1) is 0 Å². The minimum atomic E-state index is -0.397. The summed E-state index contributed by atoms with van der Waals surface area (Å²) in [7, 11) is 1.53. The van der Waals surface area contributed by atoms with Crippen molar-refractivity contribution in [3.8, 4) is 5.88 Å². The van der Waals surface area contributed by atoms with Crippen LogP contribution >= 0.6 is 0 Å². The third-order valence-corrected chi connectivity index (χ3v) is 5.46. The predicted octanol–water partition coefficient (Wildman–Crippen LogP) is 2.51. The number of aromatic nitrogens is 4. The molecule has 1 N–H and O–H groups in total. The summed E-state index contributed by atoms with van der Waals surface area (Å²) < 4.78 is 20.8. The zero-order valence-corrected chi connectivity index (χ0v) is 16.0. The molecular weight excluding hydrogens is 375 g/mol. The van der Waals surface area contributed by atoms with Crippen LogP contribution < -0.4 is 15.0 Å². The zero-order valence-electron chi connectivity index (χ0n) is 16.0. The standard InChI is InChI=1S/C20H21FN6O2/c1-29-20-14(9-12(21)10-22-20)16-3-2-7-26(16)17-6-8-27-18(25-17)15(11-23-27)19(28)24-13-4-5-13/h6,8-11,13,16H,2-5,7H2,1H3,(H,24,28)/t16-/m1/s1. The van der Waals surface area contributed by atoms with E-state index < -0.39 is 5.82 Å². The van der Waals surface area contributed by atoms with Gasteiger partial charge in [-0.25, -0.2) is 18.9 Å². The zero-order chi connectivity index (χ0) is 20.0. The van der Waals surface area contributed by atoms with E-state index in [9.17, 15) is 9.18 Å². The van der Waals surface area contributed by atoms with E-state index in [2.05, 4.69) is 20.3 Å². The maximum Gasteiger partial charge on any atom is 0.256 e. The average Bonchev–Trinajstić information content (AvgIpc) is 3.25. The van der Waals surface area contributed by atoms with Gasteiger partial charge < -0.3 is 15.0 Å². The van der Waals surface area contributed by atoms with Crippen LogP contribution in [0.25, 0.3) is 5.65 Å². The van der Waals surface area contributed by atoms with Crippen LogP contribution in [-0.4, -0.2) is 45.2 Å². The Hall–Kier alpha value is -3.23. The summed E-state index contributed by atoms with van der Waals surface area (Å²) in [6.45, 7) is 0.769. The number of amides is 1. The van der Waals surface area contributed by atoms with Gasteiger partial charge in [-0.05, 0) is 37.8 Å². The molecule has 2 fully saturated rings. The number of ether oxygens (including phenoxy) is 1. The van der Waals surface area contributed by atoms with Crippen LogP contribution in [0.4, 0.5) is 10.2 Å². The number of hydrogen-bond donors (Lipinski definition) is 1. The first kappa shape index (κ1) is 17.8. The molecule has 4 heterocycles. The number of halogens is 1. The van der Waals surface area contributed by atoms with Crippen molar-refractivity contribution in [2.24, 2.45) is 0 Å². The van der Waals surface area contributed by atoms with Crippen molar-refractivity contribution in [2.75, 3.05) is 18.6 Å². The molecule has 3 aromatic rings. The van der Waals surface area contributed by atoms with Gasteiger partial charge >= 0.3 is 0 Å². The van der Waals surface area contributed by atoms with E-state index in [1.54, 1.807) is 16.9 Å². The van der Waals surface area contributed by atoms with Crippen molar-refractivity contribution < 1.29 is 13.9 Å². The van der Waals surface area contributed by atoms with Crippen molar-refractivity contribution in [1.82, 2.24) is 24.9 Å². The van der Waals surface area contributed by atoms with Crippen molar-refractivity contribution in [2.45, 2.75) is 37.8 Å². The van der Waals surface area contributed by atoms with Gasteiger partial charge in [0.1, 0.15) is 17.2 Å². The number of carbonyl (C=O) groups excluding carboxylic acids is 1. The number of nitrogens with zero attached hydrogens (tertiary/aromatic N) is 5. The first-order valence-electron chi connectivity index (χ1n) is 9.75. The van der Waals surface area contributed by atoms with E-state index in [0.717, 1.165) is 38.4 Å². The van der Waals surface area contributed by atoms with Gasteiger partial charge in [-0.3, -0.25) is 4.79 Å². The van der Waals surface area contributed by atoms with E-state index in [4.69, 9.17) is 9.72 Å². The number of rotatable bonds is 5. The van der Waals surface area contributed by atoms with Gasteiger partial charge in [0, 0.05) is 24.3 Å². The Balaban J connectivity index is 1.51. The van der Waals surface area contributed by atoms with E-state index in [1.165, 1.54) is 13.2 Å². The lowest BCUT2D eigenvalue weighted by Crippen LogP contribution is -2.26. The van der Waals surface area contributed by atoms with E-state index >= 15 is 0 Å². The molecule has 2 aliphatic rings. The maximum atomic E-state index is 13.9. The van der Waals surface area contributed by atoms with Crippen LogP contribution in [0.15, 0.2) is 30.7 Å². The summed E-state index contributed by atoms with van der Waals surface area (Å²) in [5.41, 5.74) is 1.67. The van der Waals surface area contributed by atoms with Crippen molar-refractivity contribution in [3.63, 3.8) is 0 Å². The Morgan fingerprint density at radius 2 is 2.17 bits per heavy atom. The summed E-state index contributed by atoms with van der Waals surface area (Å²) in [6, 6.07) is 3.49. The third kappa shape index (κ3) is 3.26. The first-order chi connectivity index (χ1) is 14.1. The molecule has 150 valence electrons. The topological polar surface area (TPSA) is 84.6 Å². The van der Waals surface area contributed by atoms with E-state index in [0.29, 0.717) is 28.5 Å². The molecule has 1 saturated heterocycles. The summed E-state index contributed by atoms with van der Waals surface area (Å²) >= 11 is 0. The molecule has 9 heteroatoms. The highest BCUT2D eigenvalue weighted by Gasteiger charge is 2.31. The summed E-state index contributed by atoms with van der Waals surface area (Å²) in [6.07, 6.45) is 8.30. The summed E-state index contributed by atoms with van der Waals surface area (Å²) in [4.78, 5) is 23.4. The Kier molecular flexibility index (Phi) is 4.30. The van der Waals surface area contributed by atoms with Crippen LogP contribution in [0, 0.1) is 5.82 Å². The van der Waals surface area contributed by atoms with Crippen molar-refractivity contribution in [1.29, 1.82) is 0 Å². The molecule has 1 amide bonds. The number of pyridine rings is 1. The van der Waals surface area contributed by atoms with Crippen LogP contribution in [0.1, 0.15) is 47.6 Å². The number of hydrogen-bond acceptors (Lipinski definition) is 6. The second-order valence-corrected chi connectivity index (χ2v) is 7.46. The van der Waals surface area contributed by atoms with Crippen LogP contribution in [0.3, 0.4) is 0 Å².